The van der Waals surface area contributed by atoms with Crippen LogP contribution in [0, 0.1) is 0 Å². The zero-order chi connectivity index (χ0) is 6.69. The first-order valence-corrected chi connectivity index (χ1v) is 5.41. The molecule has 0 saturated carbocycles. The van der Waals surface area contributed by atoms with Crippen molar-refractivity contribution in [1.82, 2.24) is 0 Å². The molecule has 0 aromatic heterocycles. The summed E-state index contributed by atoms with van der Waals surface area (Å²) in [5, 5.41) is 0. The number of rotatable bonds is 1. The molecule has 2 nitrogen and oxygen atoms in total. The van der Waals surface area contributed by atoms with Gasteiger partial charge in [0.25, 0.3) is 8.55 Å². The normalized spacial score (nSPS) is 27.8. The molecule has 1 rings (SSSR count). The summed E-state index contributed by atoms with van der Waals surface area (Å²) in [5.74, 6) is 0. The van der Waals surface area contributed by atoms with Crippen molar-refractivity contribution in [3.05, 3.63) is 0 Å². The molecule has 9 heavy (non-hydrogen) atoms. The van der Waals surface area contributed by atoms with Gasteiger partial charge in [-0.25, -0.2) is 0 Å². The van der Waals surface area contributed by atoms with Crippen LogP contribution in [-0.2, 0) is 9.20 Å². The van der Waals surface area contributed by atoms with Gasteiger partial charge in [0.2, 0.25) is 0 Å². The smallest absolute Gasteiger partial charge is 0.253 e. The molecule has 0 radical (unpaired) electrons. The van der Waals surface area contributed by atoms with Crippen LogP contribution in [0.25, 0.3) is 0 Å². The zero-order valence-corrected chi connectivity index (χ0v) is 6.72. The minimum Gasteiger partial charge on any atom is -0.396 e. The van der Waals surface area contributed by atoms with Crippen LogP contribution in [0.3, 0.4) is 0 Å². The standard InChI is InChI=1S/C5H11BO2Si/c6-9(7)5-3-1-2-4-8-5/h5H,1-4,6H2. The molecule has 4 heteroatoms. The van der Waals surface area contributed by atoms with E-state index in [1.165, 1.54) is 6.42 Å². The van der Waals surface area contributed by atoms with Crippen LogP contribution < -0.4 is 0 Å². The highest BCUT2D eigenvalue weighted by molar-refractivity contribution is 6.94. The lowest BCUT2D eigenvalue weighted by molar-refractivity contribution is 0.0616. The highest BCUT2D eigenvalue weighted by atomic mass is 28.2. The Morgan fingerprint density at radius 3 is 2.67 bits per heavy atom. The second-order valence-corrected chi connectivity index (χ2v) is 4.33. The van der Waals surface area contributed by atoms with Crippen LogP contribution in [0.5, 0.6) is 0 Å². The zero-order valence-electron chi connectivity index (χ0n) is 5.72. The molecular weight excluding hydrogens is 131 g/mol. The SMILES string of the molecule is B[Si](=O)C1CCCCO1. The van der Waals surface area contributed by atoms with E-state index in [-0.39, 0.29) is 5.73 Å². The van der Waals surface area contributed by atoms with Gasteiger partial charge < -0.3 is 9.20 Å². The first-order valence-electron chi connectivity index (χ1n) is 3.43. The first kappa shape index (κ1) is 7.15. The van der Waals surface area contributed by atoms with Crippen LogP contribution >= 0.6 is 0 Å². The Hall–Kier alpha value is 0.0418. The third-order valence-electron chi connectivity index (χ3n) is 1.63. The Kier molecular flexibility index (Phi) is 2.60. The fraction of sp³-hybridized carbons (Fsp3) is 1.00. The van der Waals surface area contributed by atoms with Crippen molar-refractivity contribution in [1.29, 1.82) is 0 Å². The molecule has 1 fully saturated rings. The van der Waals surface area contributed by atoms with Gasteiger partial charge >= 0.3 is 0 Å². The summed E-state index contributed by atoms with van der Waals surface area (Å²) in [4.78, 5) is 0. The van der Waals surface area contributed by atoms with Gasteiger partial charge in [-0.3, -0.25) is 0 Å². The number of ether oxygens (including phenoxy) is 1. The lowest BCUT2D eigenvalue weighted by Crippen LogP contribution is -2.30. The molecule has 0 aromatic carbocycles. The van der Waals surface area contributed by atoms with Gasteiger partial charge in [0.15, 0.2) is 7.44 Å². The maximum atomic E-state index is 10.9. The lowest BCUT2D eigenvalue weighted by atomic mass is 10.2. The lowest BCUT2D eigenvalue weighted by Gasteiger charge is -2.18. The van der Waals surface area contributed by atoms with Crippen molar-refractivity contribution >= 4 is 16.0 Å². The van der Waals surface area contributed by atoms with Gasteiger partial charge in [0.05, 0.1) is 5.73 Å². The average Bonchev–Trinajstić information content (AvgIpc) is 1.90. The van der Waals surface area contributed by atoms with Crippen molar-refractivity contribution < 1.29 is 9.20 Å². The summed E-state index contributed by atoms with van der Waals surface area (Å²) in [5.41, 5.74) is 0.101. The molecule has 1 saturated heterocycles. The van der Waals surface area contributed by atoms with Gasteiger partial charge in [-0.05, 0) is 19.3 Å². The second kappa shape index (κ2) is 3.27. The summed E-state index contributed by atoms with van der Waals surface area (Å²) in [6.07, 6.45) is 3.34. The molecule has 1 unspecified atom stereocenters. The predicted octanol–water partition coefficient (Wildman–Crippen LogP) is -0.354. The predicted molar refractivity (Wildman–Crippen MR) is 38.6 cm³/mol. The van der Waals surface area contributed by atoms with Crippen molar-refractivity contribution in [2.75, 3.05) is 6.61 Å². The molecule has 50 valence electrons. The highest BCUT2D eigenvalue weighted by Crippen LogP contribution is 2.11. The van der Waals surface area contributed by atoms with E-state index in [1.807, 2.05) is 0 Å². The van der Waals surface area contributed by atoms with E-state index >= 15 is 0 Å². The van der Waals surface area contributed by atoms with Crippen LogP contribution in [0.1, 0.15) is 19.3 Å². The van der Waals surface area contributed by atoms with Crippen molar-refractivity contribution in [2.24, 2.45) is 0 Å². The quantitative estimate of drug-likeness (QED) is 0.467. The topological polar surface area (TPSA) is 26.3 Å². The van der Waals surface area contributed by atoms with E-state index < -0.39 is 8.55 Å². The van der Waals surface area contributed by atoms with E-state index in [4.69, 9.17) is 4.74 Å². The van der Waals surface area contributed by atoms with Crippen LogP contribution in [0.15, 0.2) is 0 Å². The van der Waals surface area contributed by atoms with Gasteiger partial charge in [-0.1, -0.05) is 0 Å². The largest absolute Gasteiger partial charge is 0.396 e. The van der Waals surface area contributed by atoms with Gasteiger partial charge in [0.1, 0.15) is 0 Å². The maximum absolute atomic E-state index is 10.9. The van der Waals surface area contributed by atoms with E-state index in [0.717, 1.165) is 19.4 Å². The molecule has 0 spiro atoms. The summed E-state index contributed by atoms with van der Waals surface area (Å²) in [7, 11) is 0.371. The Bertz CT molecular complexity index is 112. The van der Waals surface area contributed by atoms with Crippen LogP contribution in [0.2, 0.25) is 0 Å². The molecule has 1 heterocycles. The van der Waals surface area contributed by atoms with Crippen molar-refractivity contribution in [2.45, 2.75) is 25.0 Å². The molecule has 1 aliphatic rings. The van der Waals surface area contributed by atoms with Crippen molar-refractivity contribution in [3.63, 3.8) is 0 Å². The highest BCUT2D eigenvalue weighted by Gasteiger charge is 2.18. The van der Waals surface area contributed by atoms with E-state index in [2.05, 4.69) is 0 Å². The Morgan fingerprint density at radius 1 is 1.56 bits per heavy atom. The first-order chi connectivity index (χ1) is 4.30. The minimum atomic E-state index is -1.41. The van der Waals surface area contributed by atoms with Crippen LogP contribution in [0.4, 0.5) is 0 Å². The fourth-order valence-corrected chi connectivity index (χ4v) is 2.02. The van der Waals surface area contributed by atoms with Crippen molar-refractivity contribution in [3.8, 4) is 0 Å². The van der Waals surface area contributed by atoms with Crippen LogP contribution in [-0.4, -0.2) is 28.3 Å². The minimum absolute atomic E-state index is 0.101. The summed E-state index contributed by atoms with van der Waals surface area (Å²) in [6, 6.07) is 0. The number of hydrogen-bond donors (Lipinski definition) is 0. The molecule has 0 N–H and O–H groups in total. The summed E-state index contributed by atoms with van der Waals surface area (Å²) < 4.78 is 16.1. The molecular formula is C5H11BO2Si. The Labute approximate surface area is 57.6 Å². The van der Waals surface area contributed by atoms with Gasteiger partial charge in [0, 0.05) is 6.61 Å². The molecule has 1 aliphatic heterocycles. The fourth-order valence-electron chi connectivity index (χ4n) is 1.06. The van der Waals surface area contributed by atoms with Gasteiger partial charge in [-0.15, -0.1) is 0 Å². The van der Waals surface area contributed by atoms with E-state index in [9.17, 15) is 4.46 Å². The molecule has 0 aliphatic carbocycles. The Morgan fingerprint density at radius 2 is 2.33 bits per heavy atom. The van der Waals surface area contributed by atoms with Gasteiger partial charge in [-0.2, -0.15) is 0 Å². The monoisotopic (exact) mass is 142 g/mol. The summed E-state index contributed by atoms with van der Waals surface area (Å²) in [6.45, 7) is 0.814. The molecule has 0 amide bonds. The summed E-state index contributed by atoms with van der Waals surface area (Å²) >= 11 is 0. The third kappa shape index (κ3) is 2.02. The third-order valence-corrected chi connectivity index (χ3v) is 3.00. The second-order valence-electron chi connectivity index (χ2n) is 2.47. The Balaban J connectivity index is 2.31. The van der Waals surface area contributed by atoms with E-state index in [0.29, 0.717) is 0 Å². The molecule has 1 atom stereocenters. The molecule has 0 bridgehead atoms. The van der Waals surface area contributed by atoms with E-state index in [1.54, 1.807) is 7.44 Å². The maximum Gasteiger partial charge on any atom is 0.253 e. The number of hydrogen-bond acceptors (Lipinski definition) is 2. The average molecular weight is 142 g/mol. The molecule has 0 aromatic rings.